The molecule has 0 atom stereocenters. The van der Waals surface area contributed by atoms with E-state index in [0.717, 1.165) is 28.8 Å². The fraction of sp³-hybridized carbons (Fsp3) is 0.350. The zero-order chi connectivity index (χ0) is 17.9. The molecule has 3 rings (SSSR count). The van der Waals surface area contributed by atoms with Gasteiger partial charge in [-0.15, -0.1) is 10.2 Å². The Hall–Kier alpha value is -2.14. The van der Waals surface area contributed by atoms with Gasteiger partial charge in [0.2, 0.25) is 0 Å². The first-order valence-corrected chi connectivity index (χ1v) is 9.53. The van der Waals surface area contributed by atoms with Crippen molar-refractivity contribution in [2.75, 3.05) is 0 Å². The van der Waals surface area contributed by atoms with E-state index in [-0.39, 0.29) is 5.41 Å². The molecule has 5 heteroatoms. The van der Waals surface area contributed by atoms with Gasteiger partial charge in [-0.25, -0.2) is 0 Å². The van der Waals surface area contributed by atoms with Crippen molar-refractivity contribution in [2.24, 2.45) is 0 Å². The van der Waals surface area contributed by atoms with E-state index in [0.29, 0.717) is 0 Å². The molecule has 0 aliphatic carbocycles. The average molecular weight is 353 g/mol. The average Bonchev–Trinajstić information content (AvgIpc) is 3.03. The van der Waals surface area contributed by atoms with Gasteiger partial charge in [-0.3, -0.25) is 4.98 Å². The van der Waals surface area contributed by atoms with E-state index in [2.05, 4.69) is 71.7 Å². The number of hydrogen-bond acceptors (Lipinski definition) is 4. The quantitative estimate of drug-likeness (QED) is 0.609. The number of hydrogen-bond donors (Lipinski definition) is 0. The molecule has 0 amide bonds. The zero-order valence-corrected chi connectivity index (χ0v) is 16.0. The van der Waals surface area contributed by atoms with Crippen molar-refractivity contribution < 1.29 is 0 Å². The van der Waals surface area contributed by atoms with Crippen molar-refractivity contribution in [1.29, 1.82) is 0 Å². The largest absolute Gasteiger partial charge is 0.302 e. The van der Waals surface area contributed by atoms with Crippen LogP contribution in [0.2, 0.25) is 0 Å². The van der Waals surface area contributed by atoms with E-state index in [9.17, 15) is 0 Å². The van der Waals surface area contributed by atoms with Crippen molar-refractivity contribution in [3.05, 3.63) is 59.9 Å². The molecule has 0 aliphatic rings. The third-order valence-corrected chi connectivity index (χ3v) is 5.20. The third kappa shape index (κ3) is 4.10. The van der Waals surface area contributed by atoms with Crippen LogP contribution in [0.3, 0.4) is 0 Å². The van der Waals surface area contributed by atoms with Crippen LogP contribution in [0.4, 0.5) is 0 Å². The van der Waals surface area contributed by atoms with Gasteiger partial charge >= 0.3 is 0 Å². The van der Waals surface area contributed by atoms with E-state index < -0.39 is 0 Å². The van der Waals surface area contributed by atoms with E-state index in [1.54, 1.807) is 24.2 Å². The number of nitrogens with zero attached hydrogens (tertiary/aromatic N) is 4. The molecule has 0 bridgehead atoms. The predicted octanol–water partition coefficient (Wildman–Crippen LogP) is 4.95. The molecule has 0 fully saturated rings. The molecule has 0 saturated carbocycles. The van der Waals surface area contributed by atoms with Crippen LogP contribution in [-0.4, -0.2) is 19.7 Å². The minimum Gasteiger partial charge on any atom is -0.302 e. The van der Waals surface area contributed by atoms with Crippen molar-refractivity contribution in [2.45, 2.75) is 50.6 Å². The molecular weight excluding hydrogens is 328 g/mol. The van der Waals surface area contributed by atoms with Crippen molar-refractivity contribution in [3.8, 4) is 11.4 Å². The second-order valence-electron chi connectivity index (χ2n) is 7.02. The highest BCUT2D eigenvalue weighted by Crippen LogP contribution is 2.27. The van der Waals surface area contributed by atoms with Gasteiger partial charge in [0.15, 0.2) is 11.0 Å². The second-order valence-corrected chi connectivity index (χ2v) is 7.96. The number of benzene rings is 1. The lowest BCUT2D eigenvalue weighted by atomic mass is 9.87. The molecule has 0 aliphatic heterocycles. The maximum absolute atomic E-state index is 4.39. The molecule has 0 spiro atoms. The fourth-order valence-corrected chi connectivity index (χ4v) is 3.60. The molecule has 0 N–H and O–H groups in total. The maximum atomic E-state index is 4.39. The lowest BCUT2D eigenvalue weighted by molar-refractivity contribution is 0.590. The molecule has 1 aromatic carbocycles. The molecule has 2 aromatic heterocycles. The summed E-state index contributed by atoms with van der Waals surface area (Å²) in [7, 11) is 0. The van der Waals surface area contributed by atoms with Gasteiger partial charge in [0.1, 0.15) is 0 Å². The first kappa shape index (κ1) is 17.7. The fourth-order valence-electron chi connectivity index (χ4n) is 2.64. The standard InChI is InChI=1S/C20H24N4S/c1-5-24-18(16-10-12-21-13-11-16)22-23-19(24)25-14-15-6-8-17(9-7-15)20(2,3)4/h6-13H,5,14H2,1-4H3. The van der Waals surface area contributed by atoms with Crippen LogP contribution >= 0.6 is 11.8 Å². The molecule has 3 aromatic rings. The second kappa shape index (κ2) is 7.40. The molecule has 0 radical (unpaired) electrons. The molecule has 4 nitrogen and oxygen atoms in total. The van der Waals surface area contributed by atoms with Crippen LogP contribution in [0.25, 0.3) is 11.4 Å². The van der Waals surface area contributed by atoms with Gasteiger partial charge < -0.3 is 4.57 Å². The highest BCUT2D eigenvalue weighted by Gasteiger charge is 2.15. The Bertz CT molecular complexity index is 817. The molecule has 25 heavy (non-hydrogen) atoms. The summed E-state index contributed by atoms with van der Waals surface area (Å²) in [5.41, 5.74) is 3.89. The number of rotatable bonds is 5. The number of pyridine rings is 1. The first-order chi connectivity index (χ1) is 12.0. The Labute approximate surface area is 153 Å². The van der Waals surface area contributed by atoms with Crippen LogP contribution in [0, 0.1) is 0 Å². The molecular formula is C20H24N4S. The molecule has 0 saturated heterocycles. The number of thioether (sulfide) groups is 1. The predicted molar refractivity (Wildman–Crippen MR) is 104 cm³/mol. The van der Waals surface area contributed by atoms with Gasteiger partial charge in [0, 0.05) is 30.3 Å². The van der Waals surface area contributed by atoms with E-state index in [1.165, 1.54) is 11.1 Å². The summed E-state index contributed by atoms with van der Waals surface area (Å²) in [5.74, 6) is 1.79. The topological polar surface area (TPSA) is 43.6 Å². The lowest BCUT2D eigenvalue weighted by Gasteiger charge is -2.19. The summed E-state index contributed by atoms with van der Waals surface area (Å²) in [6.45, 7) is 9.68. The highest BCUT2D eigenvalue weighted by molar-refractivity contribution is 7.98. The van der Waals surface area contributed by atoms with Crippen molar-refractivity contribution in [1.82, 2.24) is 19.7 Å². The van der Waals surface area contributed by atoms with Crippen LogP contribution in [-0.2, 0) is 17.7 Å². The summed E-state index contributed by atoms with van der Waals surface area (Å²) >= 11 is 1.73. The van der Waals surface area contributed by atoms with Crippen LogP contribution in [0.5, 0.6) is 0 Å². The Kier molecular flexibility index (Phi) is 5.23. The smallest absolute Gasteiger partial charge is 0.191 e. The summed E-state index contributed by atoms with van der Waals surface area (Å²) in [6, 6.07) is 12.8. The third-order valence-electron chi connectivity index (χ3n) is 4.16. The van der Waals surface area contributed by atoms with Gasteiger partial charge in [0.05, 0.1) is 0 Å². The summed E-state index contributed by atoms with van der Waals surface area (Å²) in [5, 5.41) is 9.72. The summed E-state index contributed by atoms with van der Waals surface area (Å²) < 4.78 is 2.16. The molecule has 2 heterocycles. The van der Waals surface area contributed by atoms with E-state index >= 15 is 0 Å². The van der Waals surface area contributed by atoms with E-state index in [1.807, 2.05) is 12.1 Å². The minimum absolute atomic E-state index is 0.188. The van der Waals surface area contributed by atoms with Gasteiger partial charge in [0.25, 0.3) is 0 Å². The Morgan fingerprint density at radius 3 is 2.24 bits per heavy atom. The van der Waals surface area contributed by atoms with Crippen molar-refractivity contribution >= 4 is 11.8 Å². The van der Waals surface area contributed by atoms with Crippen LogP contribution in [0.1, 0.15) is 38.8 Å². The van der Waals surface area contributed by atoms with Crippen molar-refractivity contribution in [3.63, 3.8) is 0 Å². The Morgan fingerprint density at radius 1 is 0.960 bits per heavy atom. The van der Waals surface area contributed by atoms with E-state index in [4.69, 9.17) is 0 Å². The minimum atomic E-state index is 0.188. The van der Waals surface area contributed by atoms with Crippen LogP contribution < -0.4 is 0 Å². The maximum Gasteiger partial charge on any atom is 0.191 e. The monoisotopic (exact) mass is 352 g/mol. The zero-order valence-electron chi connectivity index (χ0n) is 15.2. The summed E-state index contributed by atoms with van der Waals surface area (Å²) in [4.78, 5) is 4.07. The highest BCUT2D eigenvalue weighted by atomic mass is 32.2. The summed E-state index contributed by atoms with van der Waals surface area (Å²) in [6.07, 6.45) is 3.57. The Balaban J connectivity index is 1.75. The molecule has 0 unspecified atom stereocenters. The normalized spacial score (nSPS) is 11.7. The van der Waals surface area contributed by atoms with Gasteiger partial charge in [-0.05, 0) is 35.6 Å². The first-order valence-electron chi connectivity index (χ1n) is 8.55. The van der Waals surface area contributed by atoms with Crippen LogP contribution in [0.15, 0.2) is 53.9 Å². The van der Waals surface area contributed by atoms with Gasteiger partial charge in [-0.2, -0.15) is 0 Å². The SMILES string of the molecule is CCn1c(SCc2ccc(C(C)(C)C)cc2)nnc1-c1ccncc1. The lowest BCUT2D eigenvalue weighted by Crippen LogP contribution is -2.10. The Morgan fingerprint density at radius 2 is 1.64 bits per heavy atom. The van der Waals surface area contributed by atoms with Gasteiger partial charge in [-0.1, -0.05) is 56.8 Å². The molecule has 130 valence electrons. The number of aromatic nitrogens is 4.